The number of hydrogen-bond donors (Lipinski definition) is 2. The van der Waals surface area contributed by atoms with Gasteiger partial charge in [0.05, 0.1) is 12.6 Å². The highest BCUT2D eigenvalue weighted by Crippen LogP contribution is 2.06. The normalized spacial score (nSPS) is 12.1. The Hall–Kier alpha value is -2.07. The van der Waals surface area contributed by atoms with Gasteiger partial charge in [-0.2, -0.15) is 0 Å². The molecule has 1 amide bonds. The van der Waals surface area contributed by atoms with E-state index in [4.69, 9.17) is 5.73 Å². The molecule has 1 atom stereocenters. The Morgan fingerprint density at radius 3 is 2.57 bits per heavy atom. The average Bonchev–Trinajstić information content (AvgIpc) is 2.83. The van der Waals surface area contributed by atoms with E-state index in [0.29, 0.717) is 13.0 Å². The third kappa shape index (κ3) is 4.20. The fourth-order valence-corrected chi connectivity index (χ4v) is 2.25. The first-order valence-electron chi connectivity index (χ1n) is 7.26. The molecule has 0 radical (unpaired) electrons. The van der Waals surface area contributed by atoms with E-state index in [-0.39, 0.29) is 5.91 Å². The highest BCUT2D eigenvalue weighted by atomic mass is 16.2. The van der Waals surface area contributed by atoms with Crippen molar-refractivity contribution in [3.63, 3.8) is 0 Å². The number of nitrogens with one attached hydrogen (secondary N) is 1. The molecule has 0 aliphatic heterocycles. The molecule has 1 aromatic heterocycles. The summed E-state index contributed by atoms with van der Waals surface area (Å²) in [5.41, 5.74) is 9.41. The summed E-state index contributed by atoms with van der Waals surface area (Å²) in [6, 6.07) is 13.7. The number of aryl methyl sites for hydroxylation is 2. The number of hydrogen-bond acceptors (Lipinski definition) is 2. The minimum absolute atomic E-state index is 0.0928. The first-order chi connectivity index (χ1) is 10.1. The van der Waals surface area contributed by atoms with Crippen LogP contribution in [0.5, 0.6) is 0 Å². The molecule has 0 unspecified atom stereocenters. The summed E-state index contributed by atoms with van der Waals surface area (Å²) in [7, 11) is 1.99. The number of benzene rings is 1. The number of aromatic nitrogens is 1. The lowest BCUT2D eigenvalue weighted by Gasteiger charge is -2.13. The van der Waals surface area contributed by atoms with Crippen molar-refractivity contribution in [1.29, 1.82) is 0 Å². The predicted molar refractivity (Wildman–Crippen MR) is 84.7 cm³/mol. The Morgan fingerprint density at radius 1 is 1.24 bits per heavy atom. The standard InChI is InChI=1S/C17H23N3O/c1-13-8-10-15(20(13)2)12-19-17(21)16(18)11-9-14-6-4-3-5-7-14/h3-8,10,16H,9,11-12,18H2,1-2H3,(H,19,21)/t16-/m0/s1. The summed E-state index contributed by atoms with van der Waals surface area (Å²) in [6.45, 7) is 2.55. The van der Waals surface area contributed by atoms with Crippen LogP contribution in [-0.4, -0.2) is 16.5 Å². The predicted octanol–water partition coefficient (Wildman–Crippen LogP) is 1.91. The van der Waals surface area contributed by atoms with Crippen molar-refractivity contribution in [3.05, 3.63) is 59.4 Å². The molecule has 0 saturated heterocycles. The lowest BCUT2D eigenvalue weighted by molar-refractivity contribution is -0.122. The molecule has 1 aromatic carbocycles. The zero-order valence-electron chi connectivity index (χ0n) is 12.7. The first-order valence-corrected chi connectivity index (χ1v) is 7.26. The van der Waals surface area contributed by atoms with E-state index in [1.54, 1.807) is 0 Å². The van der Waals surface area contributed by atoms with E-state index in [1.165, 1.54) is 11.3 Å². The van der Waals surface area contributed by atoms with Crippen LogP contribution in [0, 0.1) is 6.92 Å². The van der Waals surface area contributed by atoms with Crippen LogP contribution in [0.25, 0.3) is 0 Å². The fraction of sp³-hybridized carbons (Fsp3) is 0.353. The van der Waals surface area contributed by atoms with Gasteiger partial charge in [-0.1, -0.05) is 30.3 Å². The maximum atomic E-state index is 12.0. The molecule has 3 N–H and O–H groups in total. The molecule has 2 aromatic rings. The van der Waals surface area contributed by atoms with Gasteiger partial charge in [-0.3, -0.25) is 4.79 Å². The van der Waals surface area contributed by atoms with Gasteiger partial charge in [0.15, 0.2) is 0 Å². The molecular formula is C17H23N3O. The summed E-state index contributed by atoms with van der Waals surface area (Å²) in [6.07, 6.45) is 1.47. The van der Waals surface area contributed by atoms with E-state index in [2.05, 4.69) is 22.0 Å². The molecule has 0 aliphatic carbocycles. The monoisotopic (exact) mass is 285 g/mol. The van der Waals surface area contributed by atoms with Crippen LogP contribution in [-0.2, 0) is 24.8 Å². The van der Waals surface area contributed by atoms with Crippen molar-refractivity contribution >= 4 is 5.91 Å². The van der Waals surface area contributed by atoms with Gasteiger partial charge >= 0.3 is 0 Å². The Labute approximate surface area is 126 Å². The molecule has 112 valence electrons. The number of amides is 1. The van der Waals surface area contributed by atoms with Crippen LogP contribution in [0.1, 0.15) is 23.4 Å². The van der Waals surface area contributed by atoms with E-state index in [1.807, 2.05) is 44.3 Å². The second-order valence-electron chi connectivity index (χ2n) is 5.37. The highest BCUT2D eigenvalue weighted by molar-refractivity contribution is 5.81. The number of carbonyl (C=O) groups excluding carboxylic acids is 1. The first kappa shape index (κ1) is 15.3. The van der Waals surface area contributed by atoms with Gasteiger partial charge in [0.1, 0.15) is 0 Å². The maximum Gasteiger partial charge on any atom is 0.237 e. The molecule has 0 spiro atoms. The average molecular weight is 285 g/mol. The van der Waals surface area contributed by atoms with Gasteiger partial charge in [-0.15, -0.1) is 0 Å². The molecule has 21 heavy (non-hydrogen) atoms. The third-order valence-electron chi connectivity index (χ3n) is 3.84. The summed E-state index contributed by atoms with van der Waals surface area (Å²) in [4.78, 5) is 12.0. The van der Waals surface area contributed by atoms with Gasteiger partial charge in [0.25, 0.3) is 0 Å². The number of carbonyl (C=O) groups is 1. The molecule has 4 heteroatoms. The summed E-state index contributed by atoms with van der Waals surface area (Å²) >= 11 is 0. The second-order valence-corrected chi connectivity index (χ2v) is 5.37. The number of nitrogens with zero attached hydrogens (tertiary/aromatic N) is 1. The molecule has 2 rings (SSSR count). The van der Waals surface area contributed by atoms with Gasteiger partial charge in [-0.25, -0.2) is 0 Å². The van der Waals surface area contributed by atoms with Crippen LogP contribution < -0.4 is 11.1 Å². The zero-order valence-corrected chi connectivity index (χ0v) is 12.7. The van der Waals surface area contributed by atoms with Gasteiger partial charge < -0.3 is 15.6 Å². The van der Waals surface area contributed by atoms with Crippen LogP contribution >= 0.6 is 0 Å². The molecule has 0 aliphatic rings. The minimum atomic E-state index is -0.466. The SMILES string of the molecule is Cc1ccc(CNC(=O)[C@@H](N)CCc2ccccc2)n1C. The Balaban J connectivity index is 1.79. The molecular weight excluding hydrogens is 262 g/mol. The number of rotatable bonds is 6. The van der Waals surface area contributed by atoms with Crippen molar-refractivity contribution in [2.24, 2.45) is 12.8 Å². The molecule has 0 bridgehead atoms. The van der Waals surface area contributed by atoms with E-state index in [0.717, 1.165) is 12.1 Å². The van der Waals surface area contributed by atoms with Crippen LogP contribution in [0.3, 0.4) is 0 Å². The number of nitrogens with two attached hydrogens (primary N) is 1. The van der Waals surface area contributed by atoms with Crippen LogP contribution in [0.4, 0.5) is 0 Å². The molecule has 0 fully saturated rings. The maximum absolute atomic E-state index is 12.0. The summed E-state index contributed by atoms with van der Waals surface area (Å²) < 4.78 is 2.07. The Bertz CT molecular complexity index is 589. The molecule has 4 nitrogen and oxygen atoms in total. The Morgan fingerprint density at radius 2 is 1.95 bits per heavy atom. The van der Waals surface area contributed by atoms with E-state index in [9.17, 15) is 4.79 Å². The summed E-state index contributed by atoms with van der Waals surface area (Å²) in [5.74, 6) is -0.0928. The van der Waals surface area contributed by atoms with Crippen molar-refractivity contribution in [2.75, 3.05) is 0 Å². The highest BCUT2D eigenvalue weighted by Gasteiger charge is 2.13. The lowest BCUT2D eigenvalue weighted by Crippen LogP contribution is -2.40. The largest absolute Gasteiger partial charge is 0.350 e. The van der Waals surface area contributed by atoms with E-state index < -0.39 is 6.04 Å². The zero-order chi connectivity index (χ0) is 15.2. The van der Waals surface area contributed by atoms with Crippen molar-refractivity contribution in [1.82, 2.24) is 9.88 Å². The van der Waals surface area contributed by atoms with Crippen molar-refractivity contribution in [2.45, 2.75) is 32.4 Å². The molecule has 0 saturated carbocycles. The third-order valence-corrected chi connectivity index (χ3v) is 3.84. The summed E-state index contributed by atoms with van der Waals surface area (Å²) in [5, 5.41) is 2.90. The van der Waals surface area contributed by atoms with Gasteiger partial charge in [0.2, 0.25) is 5.91 Å². The fourth-order valence-electron chi connectivity index (χ4n) is 2.25. The second kappa shape index (κ2) is 7.09. The molecule has 1 heterocycles. The van der Waals surface area contributed by atoms with Gasteiger partial charge in [0, 0.05) is 18.4 Å². The van der Waals surface area contributed by atoms with E-state index >= 15 is 0 Å². The lowest BCUT2D eigenvalue weighted by atomic mass is 10.1. The smallest absolute Gasteiger partial charge is 0.237 e. The van der Waals surface area contributed by atoms with Crippen molar-refractivity contribution in [3.8, 4) is 0 Å². The van der Waals surface area contributed by atoms with Crippen molar-refractivity contribution < 1.29 is 4.79 Å². The van der Waals surface area contributed by atoms with Crippen LogP contribution in [0.2, 0.25) is 0 Å². The topological polar surface area (TPSA) is 60.1 Å². The quantitative estimate of drug-likeness (QED) is 0.851. The minimum Gasteiger partial charge on any atom is -0.350 e. The van der Waals surface area contributed by atoms with Gasteiger partial charge in [-0.05, 0) is 37.5 Å². The Kier molecular flexibility index (Phi) is 5.17. The van der Waals surface area contributed by atoms with Crippen LogP contribution in [0.15, 0.2) is 42.5 Å².